The van der Waals surface area contributed by atoms with E-state index in [2.05, 4.69) is 10.2 Å². The van der Waals surface area contributed by atoms with Gasteiger partial charge in [0.2, 0.25) is 0 Å². The summed E-state index contributed by atoms with van der Waals surface area (Å²) in [5.74, 6) is 0. The van der Waals surface area contributed by atoms with Gasteiger partial charge in [-0.2, -0.15) is 0 Å². The highest BCUT2D eigenvalue weighted by Gasteiger charge is 2.43. The quantitative estimate of drug-likeness (QED) is 0.629. The van der Waals surface area contributed by atoms with E-state index >= 15 is 0 Å². The molecule has 0 radical (unpaired) electrons. The molecule has 3 rings (SSSR count). The van der Waals surface area contributed by atoms with Gasteiger partial charge in [-0.1, -0.05) is 18.6 Å². The molecule has 0 amide bonds. The number of benzene rings is 1. The molecule has 18 heavy (non-hydrogen) atoms. The van der Waals surface area contributed by atoms with Crippen molar-refractivity contribution >= 4 is 17.0 Å². The first kappa shape index (κ1) is 11.3. The first-order chi connectivity index (χ1) is 8.72. The standard InChI is InChI=1S/C12H11N3O2S/c16-15(17)10-4-1-3-9(7-10)12(5-2-6-12)11-14-13-8-18-11/h1,3-4,7-8H,2,5-6H2. The largest absolute Gasteiger partial charge is 0.269 e. The predicted octanol–water partition coefficient (Wildman–Crippen LogP) is 2.92. The van der Waals surface area contributed by atoms with Gasteiger partial charge in [0, 0.05) is 17.5 Å². The van der Waals surface area contributed by atoms with Crippen LogP contribution in [0.4, 0.5) is 5.69 Å². The van der Waals surface area contributed by atoms with Crippen molar-refractivity contribution in [1.82, 2.24) is 10.2 Å². The fourth-order valence-electron chi connectivity index (χ4n) is 2.46. The van der Waals surface area contributed by atoms with E-state index in [-0.39, 0.29) is 16.0 Å². The molecule has 1 aliphatic carbocycles. The van der Waals surface area contributed by atoms with Crippen molar-refractivity contribution in [2.24, 2.45) is 0 Å². The fourth-order valence-corrected chi connectivity index (χ4v) is 3.29. The van der Waals surface area contributed by atoms with Gasteiger partial charge in [-0.15, -0.1) is 21.5 Å². The average molecular weight is 261 g/mol. The summed E-state index contributed by atoms with van der Waals surface area (Å²) in [6.07, 6.45) is 3.11. The highest BCUT2D eigenvalue weighted by molar-refractivity contribution is 7.09. The van der Waals surface area contributed by atoms with E-state index in [1.54, 1.807) is 17.6 Å². The van der Waals surface area contributed by atoms with Gasteiger partial charge in [-0.3, -0.25) is 10.1 Å². The van der Waals surface area contributed by atoms with Crippen LogP contribution < -0.4 is 0 Å². The van der Waals surface area contributed by atoms with E-state index in [9.17, 15) is 10.1 Å². The van der Waals surface area contributed by atoms with Gasteiger partial charge in [-0.25, -0.2) is 0 Å². The van der Waals surface area contributed by atoms with E-state index < -0.39 is 0 Å². The summed E-state index contributed by atoms with van der Waals surface area (Å²) in [4.78, 5) is 10.5. The second-order valence-corrected chi connectivity index (χ2v) is 5.32. The Balaban J connectivity index is 2.07. The molecule has 92 valence electrons. The third kappa shape index (κ3) is 1.60. The molecule has 1 fully saturated rings. The molecule has 1 aromatic heterocycles. The molecule has 0 bridgehead atoms. The Bertz CT molecular complexity index is 579. The van der Waals surface area contributed by atoms with Crippen LogP contribution in [0, 0.1) is 10.1 Å². The maximum Gasteiger partial charge on any atom is 0.269 e. The third-order valence-corrected chi connectivity index (χ3v) is 4.48. The van der Waals surface area contributed by atoms with Crippen LogP contribution in [0.2, 0.25) is 0 Å². The summed E-state index contributed by atoms with van der Waals surface area (Å²) in [6, 6.07) is 6.89. The Labute approximate surface area is 108 Å². The Hall–Kier alpha value is -1.82. The predicted molar refractivity (Wildman–Crippen MR) is 67.6 cm³/mol. The third-order valence-electron chi connectivity index (χ3n) is 3.59. The van der Waals surface area contributed by atoms with Crippen LogP contribution in [0.3, 0.4) is 0 Å². The van der Waals surface area contributed by atoms with Gasteiger partial charge < -0.3 is 0 Å². The molecule has 1 saturated carbocycles. The number of nitro groups is 1. The number of aromatic nitrogens is 2. The maximum absolute atomic E-state index is 10.9. The van der Waals surface area contributed by atoms with Gasteiger partial charge in [0.15, 0.2) is 0 Å². The van der Waals surface area contributed by atoms with Crippen molar-refractivity contribution in [3.63, 3.8) is 0 Å². The monoisotopic (exact) mass is 261 g/mol. The zero-order valence-corrected chi connectivity index (χ0v) is 10.4. The van der Waals surface area contributed by atoms with E-state index in [1.807, 2.05) is 6.07 Å². The summed E-state index contributed by atoms with van der Waals surface area (Å²) >= 11 is 1.52. The lowest BCUT2D eigenvalue weighted by molar-refractivity contribution is -0.385. The van der Waals surface area contributed by atoms with Crippen LogP contribution in [0.15, 0.2) is 29.8 Å². The van der Waals surface area contributed by atoms with Crippen LogP contribution in [0.25, 0.3) is 0 Å². The molecule has 2 aromatic rings. The van der Waals surface area contributed by atoms with Crippen LogP contribution >= 0.6 is 11.3 Å². The molecule has 0 saturated heterocycles. The normalized spacial score (nSPS) is 17.1. The van der Waals surface area contributed by atoms with Crippen molar-refractivity contribution in [2.75, 3.05) is 0 Å². The number of hydrogen-bond acceptors (Lipinski definition) is 5. The fraction of sp³-hybridized carbons (Fsp3) is 0.333. The lowest BCUT2D eigenvalue weighted by Gasteiger charge is -2.40. The van der Waals surface area contributed by atoms with Crippen LogP contribution in [-0.2, 0) is 5.41 Å². The Kier molecular flexibility index (Phi) is 2.59. The average Bonchev–Trinajstić information content (AvgIpc) is 2.82. The lowest BCUT2D eigenvalue weighted by Crippen LogP contribution is -2.35. The lowest BCUT2D eigenvalue weighted by atomic mass is 9.65. The Morgan fingerprint density at radius 1 is 1.39 bits per heavy atom. The molecule has 0 atom stereocenters. The van der Waals surface area contributed by atoms with Gasteiger partial charge >= 0.3 is 0 Å². The number of nitro benzene ring substituents is 1. The zero-order valence-electron chi connectivity index (χ0n) is 9.57. The van der Waals surface area contributed by atoms with Crippen LogP contribution in [0.1, 0.15) is 29.8 Å². The minimum absolute atomic E-state index is 0.142. The van der Waals surface area contributed by atoms with E-state index in [1.165, 1.54) is 17.4 Å². The Morgan fingerprint density at radius 3 is 2.78 bits per heavy atom. The molecular weight excluding hydrogens is 250 g/mol. The van der Waals surface area contributed by atoms with Crippen molar-refractivity contribution in [3.8, 4) is 0 Å². The van der Waals surface area contributed by atoms with Crippen molar-refractivity contribution in [2.45, 2.75) is 24.7 Å². The van der Waals surface area contributed by atoms with Gasteiger partial charge in [0.1, 0.15) is 10.5 Å². The molecule has 5 nitrogen and oxygen atoms in total. The molecule has 0 aliphatic heterocycles. The van der Waals surface area contributed by atoms with Crippen LogP contribution in [-0.4, -0.2) is 15.1 Å². The van der Waals surface area contributed by atoms with Crippen molar-refractivity contribution in [3.05, 3.63) is 50.5 Å². The van der Waals surface area contributed by atoms with Crippen molar-refractivity contribution in [1.29, 1.82) is 0 Å². The summed E-state index contributed by atoms with van der Waals surface area (Å²) in [5.41, 5.74) is 2.70. The SMILES string of the molecule is O=[N+]([O-])c1cccc(C2(c3nncs3)CCC2)c1. The Morgan fingerprint density at radius 2 is 2.22 bits per heavy atom. The number of rotatable bonds is 3. The summed E-state index contributed by atoms with van der Waals surface area (Å²) in [5, 5.41) is 19.9. The topological polar surface area (TPSA) is 68.9 Å². The highest BCUT2D eigenvalue weighted by Crippen LogP contribution is 2.49. The van der Waals surface area contributed by atoms with Gasteiger partial charge in [0.05, 0.1) is 4.92 Å². The molecular formula is C12H11N3O2S. The second kappa shape index (κ2) is 4.13. The molecule has 0 N–H and O–H groups in total. The maximum atomic E-state index is 10.9. The smallest absolute Gasteiger partial charge is 0.258 e. The zero-order chi connectivity index (χ0) is 12.6. The van der Waals surface area contributed by atoms with E-state index in [0.29, 0.717) is 0 Å². The summed E-state index contributed by atoms with van der Waals surface area (Å²) in [7, 11) is 0. The molecule has 1 heterocycles. The van der Waals surface area contributed by atoms with Crippen LogP contribution in [0.5, 0.6) is 0 Å². The molecule has 1 aliphatic rings. The van der Waals surface area contributed by atoms with Gasteiger partial charge in [-0.05, 0) is 18.4 Å². The summed E-state index contributed by atoms with van der Waals surface area (Å²) < 4.78 is 0. The number of hydrogen-bond donors (Lipinski definition) is 0. The second-order valence-electron chi connectivity index (χ2n) is 4.49. The minimum Gasteiger partial charge on any atom is -0.258 e. The number of nitrogens with zero attached hydrogens (tertiary/aromatic N) is 3. The summed E-state index contributed by atoms with van der Waals surface area (Å²) in [6.45, 7) is 0. The molecule has 0 unspecified atom stereocenters. The first-order valence-electron chi connectivity index (χ1n) is 5.74. The van der Waals surface area contributed by atoms with E-state index in [4.69, 9.17) is 0 Å². The minimum atomic E-state index is -0.351. The van der Waals surface area contributed by atoms with Crippen molar-refractivity contribution < 1.29 is 4.92 Å². The molecule has 6 heteroatoms. The van der Waals surface area contributed by atoms with E-state index in [0.717, 1.165) is 29.8 Å². The highest BCUT2D eigenvalue weighted by atomic mass is 32.1. The molecule has 1 aromatic carbocycles. The first-order valence-corrected chi connectivity index (χ1v) is 6.62. The van der Waals surface area contributed by atoms with Gasteiger partial charge in [0.25, 0.3) is 5.69 Å². The molecule has 0 spiro atoms. The number of non-ortho nitro benzene ring substituents is 1.